The van der Waals surface area contributed by atoms with Gasteiger partial charge in [0.25, 0.3) is 0 Å². The van der Waals surface area contributed by atoms with Crippen LogP contribution < -0.4 is 11.1 Å². The lowest BCUT2D eigenvalue weighted by atomic mass is 9.93. The average molecular weight is 631 g/mol. The molecule has 1 fully saturated rings. The molecule has 1 atom stereocenters. The largest absolute Gasteiger partial charge is 0.464 e. The number of hydrogen-bond acceptors (Lipinski definition) is 7. The Bertz CT molecular complexity index is 1120. The number of rotatable bonds is 15. The number of nitrogen functional groups attached to an aromatic ring is 1. The summed E-state index contributed by atoms with van der Waals surface area (Å²) in [6.45, 7) is 11.5. The fraction of sp³-hybridized carbons (Fsp3) is 0.576. The molecule has 0 bridgehead atoms. The van der Waals surface area contributed by atoms with Crippen LogP contribution in [0.4, 0.5) is 5.69 Å². The zero-order valence-electron chi connectivity index (χ0n) is 25.2. The molecule has 0 saturated heterocycles. The lowest BCUT2D eigenvalue weighted by Gasteiger charge is -2.34. The van der Waals surface area contributed by atoms with E-state index in [-0.39, 0.29) is 31.1 Å². The molecule has 3 rings (SSSR count). The number of hydrogen-bond donors (Lipinski definition) is 2. The van der Waals surface area contributed by atoms with E-state index in [0.717, 1.165) is 30.6 Å². The third-order valence-electron chi connectivity index (χ3n) is 7.83. The smallest absolute Gasteiger partial charge is 0.338 e. The molecule has 0 radical (unpaired) electrons. The van der Waals surface area contributed by atoms with Gasteiger partial charge >= 0.3 is 11.9 Å². The highest BCUT2D eigenvalue weighted by atomic mass is 79.9. The summed E-state index contributed by atoms with van der Waals surface area (Å²) in [6, 6.07) is 12.3. The Balaban J connectivity index is 1.38. The van der Waals surface area contributed by atoms with Gasteiger partial charge in [0.05, 0.1) is 17.2 Å². The SMILES string of the molecule is CCN(Cc1cc(C(=O)OCCNCCOC(=O)C(C)c2ccc(CC(C)C)cc2)cc(Br)c1N)C1CCCCC1. The first-order valence-electron chi connectivity index (χ1n) is 15.1. The fourth-order valence-corrected chi connectivity index (χ4v) is 5.91. The molecule has 0 heterocycles. The molecule has 226 valence electrons. The number of carbonyl (C=O) groups is 2. The van der Waals surface area contributed by atoms with E-state index in [2.05, 4.69) is 59.1 Å². The minimum absolute atomic E-state index is 0.215. The first kappa shape index (κ1) is 33.1. The predicted octanol–water partition coefficient (Wildman–Crippen LogP) is 6.48. The van der Waals surface area contributed by atoms with Crippen LogP contribution in [0.5, 0.6) is 0 Å². The van der Waals surface area contributed by atoms with Crippen molar-refractivity contribution in [1.82, 2.24) is 10.2 Å². The minimum Gasteiger partial charge on any atom is -0.464 e. The Kier molecular flexibility index (Phi) is 13.6. The van der Waals surface area contributed by atoms with Crippen molar-refractivity contribution >= 4 is 33.6 Å². The van der Waals surface area contributed by atoms with Gasteiger partial charge in [-0.15, -0.1) is 0 Å². The number of carbonyl (C=O) groups excluding carboxylic acids is 2. The molecule has 1 aliphatic carbocycles. The number of nitrogens with one attached hydrogen (secondary N) is 1. The van der Waals surface area contributed by atoms with Crippen molar-refractivity contribution in [3.05, 3.63) is 63.1 Å². The maximum absolute atomic E-state index is 12.8. The summed E-state index contributed by atoms with van der Waals surface area (Å²) >= 11 is 3.53. The lowest BCUT2D eigenvalue weighted by Crippen LogP contribution is -2.36. The van der Waals surface area contributed by atoms with Crippen molar-refractivity contribution in [2.45, 2.75) is 84.7 Å². The van der Waals surface area contributed by atoms with Crippen molar-refractivity contribution < 1.29 is 19.1 Å². The van der Waals surface area contributed by atoms with Crippen LogP contribution in [0, 0.1) is 5.92 Å². The standard InChI is InChI=1S/C33H48BrN3O4/c1-5-37(29-9-7-6-8-10-29)22-28-20-27(21-30(34)31(28)35)33(39)41-18-16-36-15-17-40-32(38)24(4)26-13-11-25(12-14-26)19-23(2)3/h11-14,20-21,23-24,29,36H,5-10,15-19,22,35H2,1-4H3. The highest BCUT2D eigenvalue weighted by Crippen LogP contribution is 2.30. The molecule has 0 aromatic heterocycles. The fourth-order valence-electron chi connectivity index (χ4n) is 5.41. The molecule has 41 heavy (non-hydrogen) atoms. The van der Waals surface area contributed by atoms with Gasteiger partial charge in [0.15, 0.2) is 0 Å². The third kappa shape index (κ3) is 10.4. The third-order valence-corrected chi connectivity index (χ3v) is 8.49. The second kappa shape index (κ2) is 16.9. The van der Waals surface area contributed by atoms with Crippen LogP contribution >= 0.6 is 15.9 Å². The van der Waals surface area contributed by atoms with Crippen LogP contribution in [0.2, 0.25) is 0 Å². The quantitative estimate of drug-likeness (QED) is 0.132. The summed E-state index contributed by atoms with van der Waals surface area (Å²) < 4.78 is 11.7. The van der Waals surface area contributed by atoms with Gasteiger partial charge in [-0.25, -0.2) is 4.79 Å². The Hall–Kier alpha value is -2.42. The molecule has 1 saturated carbocycles. The summed E-state index contributed by atoms with van der Waals surface area (Å²) in [5.74, 6) is -0.348. The van der Waals surface area contributed by atoms with E-state index in [1.165, 1.54) is 37.7 Å². The second-order valence-corrected chi connectivity index (χ2v) is 12.4. The highest BCUT2D eigenvalue weighted by Gasteiger charge is 2.22. The van der Waals surface area contributed by atoms with Gasteiger partial charge in [-0.3, -0.25) is 9.69 Å². The molecule has 7 nitrogen and oxygen atoms in total. The van der Waals surface area contributed by atoms with Crippen LogP contribution in [0.3, 0.4) is 0 Å². The first-order valence-corrected chi connectivity index (χ1v) is 15.9. The van der Waals surface area contributed by atoms with Gasteiger partial charge in [0.2, 0.25) is 0 Å². The molecule has 0 spiro atoms. The Morgan fingerprint density at radius 1 is 1.02 bits per heavy atom. The Labute approximate surface area is 254 Å². The number of nitrogens with two attached hydrogens (primary N) is 1. The van der Waals surface area contributed by atoms with E-state index in [0.29, 0.717) is 40.8 Å². The maximum Gasteiger partial charge on any atom is 0.338 e. The van der Waals surface area contributed by atoms with E-state index < -0.39 is 0 Å². The summed E-state index contributed by atoms with van der Waals surface area (Å²) in [5, 5.41) is 3.16. The van der Waals surface area contributed by atoms with Gasteiger partial charge < -0.3 is 20.5 Å². The lowest BCUT2D eigenvalue weighted by molar-refractivity contribution is -0.144. The molecule has 1 aliphatic rings. The first-order chi connectivity index (χ1) is 19.7. The Morgan fingerprint density at radius 2 is 1.68 bits per heavy atom. The zero-order valence-corrected chi connectivity index (χ0v) is 26.8. The van der Waals surface area contributed by atoms with E-state index in [9.17, 15) is 9.59 Å². The van der Waals surface area contributed by atoms with Gasteiger partial charge in [-0.05, 0) is 83.4 Å². The summed E-state index contributed by atoms with van der Waals surface area (Å²) in [7, 11) is 0. The van der Waals surface area contributed by atoms with E-state index in [1.54, 1.807) is 6.07 Å². The van der Waals surface area contributed by atoms with Gasteiger partial charge in [0.1, 0.15) is 13.2 Å². The maximum atomic E-state index is 12.8. The van der Waals surface area contributed by atoms with Crippen molar-refractivity contribution in [1.29, 1.82) is 0 Å². The molecular formula is C33H48BrN3O4. The number of benzene rings is 2. The molecule has 2 aromatic rings. The monoisotopic (exact) mass is 629 g/mol. The van der Waals surface area contributed by atoms with E-state index in [1.807, 2.05) is 25.1 Å². The van der Waals surface area contributed by atoms with Crippen molar-refractivity contribution in [3.63, 3.8) is 0 Å². The number of ether oxygens (including phenoxy) is 2. The molecule has 0 aliphatic heterocycles. The van der Waals surface area contributed by atoms with Crippen molar-refractivity contribution in [2.24, 2.45) is 5.92 Å². The van der Waals surface area contributed by atoms with Crippen LogP contribution in [-0.4, -0.2) is 55.7 Å². The molecule has 1 unspecified atom stereocenters. The topological polar surface area (TPSA) is 93.9 Å². The molecule has 0 amide bonds. The molecular weight excluding hydrogens is 582 g/mol. The number of nitrogens with zero attached hydrogens (tertiary/aromatic N) is 1. The average Bonchev–Trinajstić information content (AvgIpc) is 2.97. The van der Waals surface area contributed by atoms with Gasteiger partial charge in [0, 0.05) is 30.1 Å². The van der Waals surface area contributed by atoms with Crippen molar-refractivity contribution in [2.75, 3.05) is 38.6 Å². The minimum atomic E-state index is -0.380. The van der Waals surface area contributed by atoms with E-state index in [4.69, 9.17) is 15.2 Å². The number of anilines is 1. The molecule has 3 N–H and O–H groups in total. The van der Waals surface area contributed by atoms with Crippen molar-refractivity contribution in [3.8, 4) is 0 Å². The summed E-state index contributed by atoms with van der Waals surface area (Å²) in [5.41, 5.74) is 10.7. The summed E-state index contributed by atoms with van der Waals surface area (Å²) in [4.78, 5) is 27.7. The van der Waals surface area contributed by atoms with Crippen LogP contribution in [-0.2, 0) is 27.2 Å². The van der Waals surface area contributed by atoms with Gasteiger partial charge in [-0.2, -0.15) is 0 Å². The van der Waals surface area contributed by atoms with Gasteiger partial charge in [-0.1, -0.05) is 64.3 Å². The zero-order chi connectivity index (χ0) is 29.8. The second-order valence-electron chi connectivity index (χ2n) is 11.5. The number of halogens is 1. The normalized spacial score (nSPS) is 14.8. The molecule has 2 aromatic carbocycles. The molecule has 8 heteroatoms. The van der Waals surface area contributed by atoms with Crippen LogP contribution in [0.25, 0.3) is 0 Å². The summed E-state index contributed by atoms with van der Waals surface area (Å²) in [6.07, 6.45) is 7.32. The van der Waals surface area contributed by atoms with Crippen LogP contribution in [0.15, 0.2) is 40.9 Å². The predicted molar refractivity (Wildman–Crippen MR) is 169 cm³/mol. The van der Waals surface area contributed by atoms with E-state index >= 15 is 0 Å². The number of esters is 2. The highest BCUT2D eigenvalue weighted by molar-refractivity contribution is 9.10. The van der Waals surface area contributed by atoms with Crippen LogP contribution in [0.1, 0.15) is 92.8 Å². The Morgan fingerprint density at radius 3 is 2.32 bits per heavy atom.